The number of carbonyl (C=O) groups excluding carboxylic acids is 1. The van der Waals surface area contributed by atoms with Gasteiger partial charge in [0.1, 0.15) is 16.5 Å². The van der Waals surface area contributed by atoms with Gasteiger partial charge in [0, 0.05) is 6.07 Å². The number of aliphatic hydroxyl groups is 1. The van der Waals surface area contributed by atoms with Crippen LogP contribution < -0.4 is 10.1 Å². The Morgan fingerprint density at radius 1 is 1.55 bits per heavy atom. The van der Waals surface area contributed by atoms with Gasteiger partial charge in [0.15, 0.2) is 0 Å². The van der Waals surface area contributed by atoms with Gasteiger partial charge in [0.2, 0.25) is 0 Å². The lowest BCUT2D eigenvalue weighted by molar-refractivity contribution is 0.0842. The van der Waals surface area contributed by atoms with Gasteiger partial charge in [0.25, 0.3) is 5.91 Å². The summed E-state index contributed by atoms with van der Waals surface area (Å²) in [6, 6.07) is 1.20. The van der Waals surface area contributed by atoms with Crippen LogP contribution in [0.5, 0.6) is 5.75 Å². The number of pyridine rings is 1. The number of carbonyl (C=O) groups is 1. The maximum Gasteiger partial charge on any atom is 0.270 e. The summed E-state index contributed by atoms with van der Waals surface area (Å²) >= 11 is 6.05. The average molecular weight is 327 g/mol. The number of rotatable bonds is 6. The normalized spacial score (nSPS) is 16.2. The van der Waals surface area contributed by atoms with Crippen LogP contribution >= 0.6 is 11.6 Å². The standard InChI is InChI=1S/C16H23ClN2O3/c1-16(2,3)14(8-20)19-15(21)12-6-13(11(17)7-18-12)22-9-10-4-5-10/h6-7,10,14,20H,4-5,8-9H2,1-3H3,(H,19,21)/t14-/m0/s1. The number of nitrogens with one attached hydrogen (secondary N) is 1. The van der Waals surface area contributed by atoms with Crippen LogP contribution in [0.2, 0.25) is 5.02 Å². The Bertz CT molecular complexity index is 539. The Labute approximate surface area is 136 Å². The molecule has 0 unspecified atom stereocenters. The third kappa shape index (κ3) is 4.58. The molecule has 1 fully saturated rings. The van der Waals surface area contributed by atoms with E-state index >= 15 is 0 Å². The second-order valence-corrected chi connectivity index (χ2v) is 7.24. The molecule has 1 aromatic heterocycles. The number of hydrogen-bond donors (Lipinski definition) is 2. The minimum atomic E-state index is -0.353. The van der Waals surface area contributed by atoms with Gasteiger partial charge >= 0.3 is 0 Å². The number of aliphatic hydroxyl groups excluding tert-OH is 1. The van der Waals surface area contributed by atoms with Crippen LogP contribution in [0.15, 0.2) is 12.3 Å². The third-order valence-electron chi connectivity index (χ3n) is 3.76. The van der Waals surface area contributed by atoms with E-state index in [1.165, 1.54) is 19.0 Å². The maximum atomic E-state index is 12.3. The second kappa shape index (κ2) is 6.84. The predicted molar refractivity (Wildman–Crippen MR) is 85.3 cm³/mol. The quantitative estimate of drug-likeness (QED) is 0.843. The molecular formula is C16H23ClN2O3. The monoisotopic (exact) mass is 326 g/mol. The topological polar surface area (TPSA) is 71.5 Å². The van der Waals surface area contributed by atoms with Gasteiger partial charge in [-0.15, -0.1) is 0 Å². The molecule has 6 heteroatoms. The van der Waals surface area contributed by atoms with Gasteiger partial charge in [-0.2, -0.15) is 0 Å². The highest BCUT2D eigenvalue weighted by molar-refractivity contribution is 6.32. The van der Waals surface area contributed by atoms with Crippen LogP contribution in [0.4, 0.5) is 0 Å². The highest BCUT2D eigenvalue weighted by atomic mass is 35.5. The fourth-order valence-electron chi connectivity index (χ4n) is 1.92. The molecule has 0 bridgehead atoms. The summed E-state index contributed by atoms with van der Waals surface area (Å²) in [6.07, 6.45) is 3.78. The Hall–Kier alpha value is -1.33. The van der Waals surface area contributed by atoms with Crippen molar-refractivity contribution in [3.8, 4) is 5.75 Å². The smallest absolute Gasteiger partial charge is 0.270 e. The van der Waals surface area contributed by atoms with Crippen LogP contribution in [-0.4, -0.2) is 35.3 Å². The number of ether oxygens (including phenoxy) is 1. The van der Waals surface area contributed by atoms with E-state index in [4.69, 9.17) is 16.3 Å². The first-order chi connectivity index (χ1) is 10.3. The summed E-state index contributed by atoms with van der Waals surface area (Å²) in [5, 5.41) is 12.6. The molecule has 2 N–H and O–H groups in total. The van der Waals surface area contributed by atoms with E-state index in [-0.39, 0.29) is 29.7 Å². The van der Waals surface area contributed by atoms with E-state index in [2.05, 4.69) is 10.3 Å². The fraction of sp³-hybridized carbons (Fsp3) is 0.625. The van der Waals surface area contributed by atoms with Crippen LogP contribution in [0.3, 0.4) is 0 Å². The lowest BCUT2D eigenvalue weighted by Crippen LogP contribution is -2.46. The van der Waals surface area contributed by atoms with Gasteiger partial charge in [-0.25, -0.2) is 4.98 Å². The van der Waals surface area contributed by atoms with Crippen molar-refractivity contribution >= 4 is 17.5 Å². The molecule has 1 aliphatic carbocycles. The molecule has 0 saturated heterocycles. The highest BCUT2D eigenvalue weighted by Gasteiger charge is 2.27. The summed E-state index contributed by atoms with van der Waals surface area (Å²) in [4.78, 5) is 16.3. The van der Waals surface area contributed by atoms with Gasteiger partial charge in [-0.05, 0) is 24.2 Å². The molecule has 1 atom stereocenters. The number of amides is 1. The molecule has 5 nitrogen and oxygen atoms in total. The van der Waals surface area contributed by atoms with E-state index in [1.54, 1.807) is 6.07 Å². The summed E-state index contributed by atoms with van der Waals surface area (Å²) in [6.45, 7) is 6.34. The molecule has 1 aliphatic rings. The van der Waals surface area contributed by atoms with Crippen molar-refractivity contribution < 1.29 is 14.6 Å². The van der Waals surface area contributed by atoms with Crippen molar-refractivity contribution in [3.05, 3.63) is 23.0 Å². The number of aromatic nitrogens is 1. The van der Waals surface area contributed by atoms with Crippen molar-refractivity contribution in [2.24, 2.45) is 11.3 Å². The summed E-state index contributed by atoms with van der Waals surface area (Å²) in [5.74, 6) is 0.730. The molecule has 1 aromatic rings. The number of hydrogen-bond acceptors (Lipinski definition) is 4. The first-order valence-corrected chi connectivity index (χ1v) is 7.89. The minimum absolute atomic E-state index is 0.131. The van der Waals surface area contributed by atoms with Crippen LogP contribution in [0.25, 0.3) is 0 Å². The van der Waals surface area contributed by atoms with Gasteiger partial charge in [0.05, 0.1) is 25.5 Å². The average Bonchev–Trinajstić information content (AvgIpc) is 3.26. The number of halogens is 1. The molecule has 0 radical (unpaired) electrons. The fourth-order valence-corrected chi connectivity index (χ4v) is 2.07. The molecule has 1 amide bonds. The third-order valence-corrected chi connectivity index (χ3v) is 4.04. The highest BCUT2D eigenvalue weighted by Crippen LogP contribution is 2.31. The van der Waals surface area contributed by atoms with E-state index in [0.717, 1.165) is 0 Å². The Morgan fingerprint density at radius 3 is 2.77 bits per heavy atom. The molecular weight excluding hydrogens is 304 g/mol. The zero-order valence-corrected chi connectivity index (χ0v) is 14.0. The van der Waals surface area contributed by atoms with Gasteiger partial charge in [-0.1, -0.05) is 32.4 Å². The van der Waals surface area contributed by atoms with Crippen molar-refractivity contribution in [1.82, 2.24) is 10.3 Å². The van der Waals surface area contributed by atoms with Crippen molar-refractivity contribution in [2.75, 3.05) is 13.2 Å². The second-order valence-electron chi connectivity index (χ2n) is 6.83. The maximum absolute atomic E-state index is 12.3. The van der Waals surface area contributed by atoms with E-state index in [1.807, 2.05) is 20.8 Å². The van der Waals surface area contributed by atoms with Crippen LogP contribution in [-0.2, 0) is 0 Å². The van der Waals surface area contributed by atoms with E-state index in [0.29, 0.717) is 23.3 Å². The van der Waals surface area contributed by atoms with Crippen LogP contribution in [0, 0.1) is 11.3 Å². The predicted octanol–water partition coefficient (Wildman–Crippen LogP) is 2.66. The molecule has 1 heterocycles. The van der Waals surface area contributed by atoms with E-state index < -0.39 is 0 Å². The molecule has 2 rings (SSSR count). The largest absolute Gasteiger partial charge is 0.492 e. The van der Waals surface area contributed by atoms with Crippen molar-refractivity contribution in [1.29, 1.82) is 0 Å². The Kier molecular flexibility index (Phi) is 5.29. The summed E-state index contributed by atoms with van der Waals surface area (Å²) < 4.78 is 5.65. The molecule has 22 heavy (non-hydrogen) atoms. The zero-order valence-electron chi connectivity index (χ0n) is 13.2. The molecule has 0 aliphatic heterocycles. The first-order valence-electron chi connectivity index (χ1n) is 7.51. The SMILES string of the molecule is CC(C)(C)[C@H](CO)NC(=O)c1cc(OCC2CC2)c(Cl)cn1. The Morgan fingerprint density at radius 2 is 2.23 bits per heavy atom. The molecule has 122 valence electrons. The first kappa shape index (κ1) is 17.0. The number of nitrogens with zero attached hydrogens (tertiary/aromatic N) is 1. The van der Waals surface area contributed by atoms with E-state index in [9.17, 15) is 9.90 Å². The lowest BCUT2D eigenvalue weighted by Gasteiger charge is -2.29. The molecule has 1 saturated carbocycles. The summed E-state index contributed by atoms with van der Waals surface area (Å²) in [5.41, 5.74) is -0.0137. The summed E-state index contributed by atoms with van der Waals surface area (Å²) in [7, 11) is 0. The zero-order chi connectivity index (χ0) is 16.3. The molecule has 0 spiro atoms. The van der Waals surface area contributed by atoms with Crippen LogP contribution in [0.1, 0.15) is 44.1 Å². The lowest BCUT2D eigenvalue weighted by atomic mass is 9.87. The van der Waals surface area contributed by atoms with Crippen molar-refractivity contribution in [3.63, 3.8) is 0 Å². The van der Waals surface area contributed by atoms with Gasteiger partial charge < -0.3 is 15.2 Å². The minimum Gasteiger partial charge on any atom is -0.492 e. The van der Waals surface area contributed by atoms with Crippen molar-refractivity contribution in [2.45, 2.75) is 39.7 Å². The Balaban J connectivity index is 2.06. The molecule has 0 aromatic carbocycles. The van der Waals surface area contributed by atoms with Gasteiger partial charge in [-0.3, -0.25) is 4.79 Å².